The quantitative estimate of drug-likeness (QED) is 0.728. The molecule has 0 saturated carbocycles. The van der Waals surface area contributed by atoms with Gasteiger partial charge in [-0.1, -0.05) is 12.1 Å². The first kappa shape index (κ1) is 18.6. The van der Waals surface area contributed by atoms with Gasteiger partial charge in [-0.05, 0) is 36.8 Å². The third kappa shape index (κ3) is 5.44. The first-order valence-electron chi connectivity index (χ1n) is 8.31. The van der Waals surface area contributed by atoms with Crippen LogP contribution in [0.25, 0.3) is 0 Å². The predicted octanol–water partition coefficient (Wildman–Crippen LogP) is 1.96. The van der Waals surface area contributed by atoms with Crippen molar-refractivity contribution in [2.75, 3.05) is 38.8 Å². The summed E-state index contributed by atoms with van der Waals surface area (Å²) in [6.45, 7) is 1.87. The van der Waals surface area contributed by atoms with Gasteiger partial charge >= 0.3 is 0 Å². The summed E-state index contributed by atoms with van der Waals surface area (Å²) < 4.78 is 5.15. The molecule has 2 rings (SSSR count). The second-order valence-electron chi connectivity index (χ2n) is 5.96. The van der Waals surface area contributed by atoms with E-state index in [-0.39, 0.29) is 17.7 Å². The lowest BCUT2D eigenvalue weighted by Crippen LogP contribution is -2.46. The average Bonchev–Trinajstić information content (AvgIpc) is 2.61. The van der Waals surface area contributed by atoms with E-state index in [4.69, 9.17) is 4.74 Å². The van der Waals surface area contributed by atoms with Crippen molar-refractivity contribution >= 4 is 23.6 Å². The number of piperidine rings is 1. The number of thioether (sulfide) groups is 1. The summed E-state index contributed by atoms with van der Waals surface area (Å²) in [5.41, 5.74) is 1.16. The van der Waals surface area contributed by atoms with Crippen molar-refractivity contribution in [3.63, 3.8) is 0 Å². The highest BCUT2D eigenvalue weighted by Gasteiger charge is 2.29. The van der Waals surface area contributed by atoms with Gasteiger partial charge in [0.2, 0.25) is 11.8 Å². The van der Waals surface area contributed by atoms with E-state index in [2.05, 4.69) is 5.32 Å². The predicted molar refractivity (Wildman–Crippen MR) is 97.4 cm³/mol. The molecule has 1 saturated heterocycles. The van der Waals surface area contributed by atoms with E-state index >= 15 is 0 Å². The number of nitrogens with one attached hydrogen (secondary N) is 1. The molecular formula is C18H26N2O3S. The maximum atomic E-state index is 12.2. The van der Waals surface area contributed by atoms with Crippen LogP contribution >= 0.6 is 11.8 Å². The molecule has 6 heteroatoms. The molecule has 5 nitrogen and oxygen atoms in total. The molecule has 1 N–H and O–H groups in total. The van der Waals surface area contributed by atoms with Crippen LogP contribution < -0.4 is 10.1 Å². The number of ether oxygens (including phenoxy) is 1. The molecule has 0 aliphatic carbocycles. The summed E-state index contributed by atoms with van der Waals surface area (Å²) in [5, 5.41) is 2.96. The highest BCUT2D eigenvalue weighted by atomic mass is 32.2. The van der Waals surface area contributed by atoms with Gasteiger partial charge in [-0.2, -0.15) is 11.8 Å². The molecule has 0 bridgehead atoms. The van der Waals surface area contributed by atoms with Gasteiger partial charge in [0.05, 0.1) is 13.0 Å². The molecule has 0 aromatic heterocycles. The summed E-state index contributed by atoms with van der Waals surface area (Å²) in [5.74, 6) is 1.89. The first-order chi connectivity index (χ1) is 11.6. The minimum atomic E-state index is -0.0829. The zero-order valence-electron chi connectivity index (χ0n) is 14.4. The van der Waals surface area contributed by atoms with Crippen LogP contribution in [-0.2, 0) is 16.0 Å². The zero-order valence-corrected chi connectivity index (χ0v) is 15.2. The fourth-order valence-electron chi connectivity index (χ4n) is 2.82. The molecule has 132 valence electrons. The lowest BCUT2D eigenvalue weighted by atomic mass is 9.96. The number of hydrogen-bond acceptors (Lipinski definition) is 4. The van der Waals surface area contributed by atoms with Crippen molar-refractivity contribution in [2.24, 2.45) is 5.92 Å². The highest BCUT2D eigenvalue weighted by molar-refractivity contribution is 7.98. The smallest absolute Gasteiger partial charge is 0.224 e. The highest BCUT2D eigenvalue weighted by Crippen LogP contribution is 2.19. The molecule has 1 unspecified atom stereocenters. The molecule has 2 amide bonds. The second-order valence-corrected chi connectivity index (χ2v) is 6.94. The number of amides is 2. The van der Waals surface area contributed by atoms with Gasteiger partial charge in [-0.15, -0.1) is 0 Å². The van der Waals surface area contributed by atoms with Crippen molar-refractivity contribution in [3.8, 4) is 5.75 Å². The summed E-state index contributed by atoms with van der Waals surface area (Å²) in [6.07, 6.45) is 3.93. The van der Waals surface area contributed by atoms with Crippen LogP contribution in [0.1, 0.15) is 18.4 Å². The van der Waals surface area contributed by atoms with E-state index < -0.39 is 0 Å². The number of methoxy groups -OCH3 is 1. The Morgan fingerprint density at radius 2 is 2.12 bits per heavy atom. The molecule has 1 aromatic rings. The Kier molecular flexibility index (Phi) is 7.43. The standard InChI is InChI=1S/C18H26N2O3S/c1-23-16-6-3-14(4-7-16)9-11-20-13-15(5-8-17(20)21)18(22)19-10-12-24-2/h3-4,6-7,15H,5,8-13H2,1-2H3,(H,19,22). The lowest BCUT2D eigenvalue weighted by Gasteiger charge is -2.32. The Morgan fingerprint density at radius 3 is 2.79 bits per heavy atom. The SMILES string of the molecule is COc1ccc(CCN2CC(C(=O)NCCSC)CCC2=O)cc1. The summed E-state index contributed by atoms with van der Waals surface area (Å²) in [7, 11) is 1.64. The maximum Gasteiger partial charge on any atom is 0.224 e. The van der Waals surface area contributed by atoms with Crippen molar-refractivity contribution in [1.82, 2.24) is 10.2 Å². The number of hydrogen-bond donors (Lipinski definition) is 1. The van der Waals surface area contributed by atoms with Crippen LogP contribution in [0.15, 0.2) is 24.3 Å². The monoisotopic (exact) mass is 350 g/mol. The summed E-state index contributed by atoms with van der Waals surface area (Å²) in [4.78, 5) is 26.1. The Morgan fingerprint density at radius 1 is 1.38 bits per heavy atom. The Hall–Kier alpha value is -1.69. The third-order valence-electron chi connectivity index (χ3n) is 4.31. The molecule has 1 aromatic carbocycles. The summed E-state index contributed by atoms with van der Waals surface area (Å²) >= 11 is 1.71. The van der Waals surface area contributed by atoms with Crippen LogP contribution in [0.5, 0.6) is 5.75 Å². The lowest BCUT2D eigenvalue weighted by molar-refractivity contribution is -0.138. The number of rotatable bonds is 8. The van der Waals surface area contributed by atoms with Crippen LogP contribution in [0, 0.1) is 5.92 Å². The fraction of sp³-hybridized carbons (Fsp3) is 0.556. The van der Waals surface area contributed by atoms with E-state index in [1.807, 2.05) is 35.4 Å². The van der Waals surface area contributed by atoms with E-state index in [0.29, 0.717) is 32.5 Å². The summed E-state index contributed by atoms with van der Waals surface area (Å²) in [6, 6.07) is 7.88. The molecule has 1 aliphatic rings. The third-order valence-corrected chi connectivity index (χ3v) is 4.92. The minimum absolute atomic E-state index is 0.0750. The van der Waals surface area contributed by atoms with Crippen LogP contribution in [0.3, 0.4) is 0 Å². The Labute approximate surface area is 148 Å². The molecule has 24 heavy (non-hydrogen) atoms. The van der Waals surface area contributed by atoms with Crippen LogP contribution in [0.2, 0.25) is 0 Å². The van der Waals surface area contributed by atoms with Crippen molar-refractivity contribution < 1.29 is 14.3 Å². The van der Waals surface area contributed by atoms with Crippen molar-refractivity contribution in [1.29, 1.82) is 0 Å². The topological polar surface area (TPSA) is 58.6 Å². The van der Waals surface area contributed by atoms with Gasteiger partial charge in [-0.3, -0.25) is 9.59 Å². The van der Waals surface area contributed by atoms with Gasteiger partial charge < -0.3 is 15.0 Å². The van der Waals surface area contributed by atoms with Crippen LogP contribution in [0.4, 0.5) is 0 Å². The fourth-order valence-corrected chi connectivity index (χ4v) is 3.13. The van der Waals surface area contributed by atoms with Crippen molar-refractivity contribution in [2.45, 2.75) is 19.3 Å². The average molecular weight is 350 g/mol. The van der Waals surface area contributed by atoms with E-state index in [0.717, 1.165) is 23.5 Å². The van der Waals surface area contributed by atoms with Gasteiger partial charge in [-0.25, -0.2) is 0 Å². The van der Waals surface area contributed by atoms with Crippen molar-refractivity contribution in [3.05, 3.63) is 29.8 Å². The van der Waals surface area contributed by atoms with Gasteiger partial charge in [0.15, 0.2) is 0 Å². The number of benzene rings is 1. The first-order valence-corrected chi connectivity index (χ1v) is 9.70. The normalized spacial score (nSPS) is 17.7. The molecule has 1 aliphatic heterocycles. The molecule has 0 radical (unpaired) electrons. The number of likely N-dealkylation sites (tertiary alicyclic amines) is 1. The Bertz CT molecular complexity index is 548. The van der Waals surface area contributed by atoms with Gasteiger partial charge in [0.25, 0.3) is 0 Å². The van der Waals surface area contributed by atoms with E-state index in [1.165, 1.54) is 0 Å². The van der Waals surface area contributed by atoms with Gasteiger partial charge in [0, 0.05) is 31.8 Å². The number of carbonyl (C=O) groups is 2. The van der Waals surface area contributed by atoms with Crippen LogP contribution in [-0.4, -0.2) is 55.5 Å². The largest absolute Gasteiger partial charge is 0.497 e. The second kappa shape index (κ2) is 9.57. The number of carbonyl (C=O) groups excluding carboxylic acids is 2. The molecular weight excluding hydrogens is 324 g/mol. The molecule has 0 spiro atoms. The minimum Gasteiger partial charge on any atom is -0.497 e. The zero-order chi connectivity index (χ0) is 17.4. The number of nitrogens with zero attached hydrogens (tertiary/aromatic N) is 1. The van der Waals surface area contributed by atoms with Gasteiger partial charge in [0.1, 0.15) is 5.75 Å². The maximum absolute atomic E-state index is 12.2. The molecule has 1 heterocycles. The molecule has 1 atom stereocenters. The van der Waals surface area contributed by atoms with E-state index in [1.54, 1.807) is 18.9 Å². The van der Waals surface area contributed by atoms with E-state index in [9.17, 15) is 9.59 Å². The molecule has 1 fully saturated rings. The Balaban J connectivity index is 1.84.